The number of ether oxygens (including phenoxy) is 1. The molecule has 6 heteroatoms. The first-order valence-electron chi connectivity index (χ1n) is 7.46. The highest BCUT2D eigenvalue weighted by Gasteiger charge is 2.14. The SMILES string of the molecule is c1ccc(Cn2nnnc2SCCC2CCCCO2)cc1. The molecule has 1 aromatic heterocycles. The number of hydrogen-bond acceptors (Lipinski definition) is 5. The van der Waals surface area contributed by atoms with Crippen LogP contribution >= 0.6 is 11.8 Å². The molecule has 0 bridgehead atoms. The molecule has 2 aromatic rings. The zero-order chi connectivity index (χ0) is 14.3. The third kappa shape index (κ3) is 4.28. The zero-order valence-electron chi connectivity index (χ0n) is 12.0. The average molecular weight is 304 g/mol. The van der Waals surface area contributed by atoms with Crippen LogP contribution in [0.25, 0.3) is 0 Å². The lowest BCUT2D eigenvalue weighted by atomic mass is 10.1. The Morgan fingerprint density at radius 3 is 2.95 bits per heavy atom. The van der Waals surface area contributed by atoms with E-state index in [1.165, 1.54) is 24.8 Å². The van der Waals surface area contributed by atoms with E-state index >= 15 is 0 Å². The second-order valence-electron chi connectivity index (χ2n) is 5.23. The standard InChI is InChI=1S/C15H20N4OS/c1-2-6-13(7-3-1)12-19-15(16-17-18-19)21-11-9-14-8-4-5-10-20-14/h1-3,6-7,14H,4-5,8-12H2. The van der Waals surface area contributed by atoms with E-state index in [9.17, 15) is 0 Å². The van der Waals surface area contributed by atoms with Gasteiger partial charge in [0, 0.05) is 12.4 Å². The summed E-state index contributed by atoms with van der Waals surface area (Å²) >= 11 is 1.71. The number of tetrazole rings is 1. The molecule has 1 aliphatic rings. The van der Waals surface area contributed by atoms with E-state index in [1.54, 1.807) is 11.8 Å². The Balaban J connectivity index is 1.50. The molecule has 0 radical (unpaired) electrons. The Labute approximate surface area is 129 Å². The quantitative estimate of drug-likeness (QED) is 0.768. The van der Waals surface area contributed by atoms with Gasteiger partial charge < -0.3 is 4.74 Å². The Kier molecular flexibility index (Phi) is 5.23. The van der Waals surface area contributed by atoms with Crippen LogP contribution in [0.3, 0.4) is 0 Å². The normalized spacial score (nSPS) is 18.8. The van der Waals surface area contributed by atoms with Crippen molar-refractivity contribution in [2.24, 2.45) is 0 Å². The highest BCUT2D eigenvalue weighted by Crippen LogP contribution is 2.21. The average Bonchev–Trinajstić information content (AvgIpc) is 2.97. The van der Waals surface area contributed by atoms with Gasteiger partial charge in [0.2, 0.25) is 5.16 Å². The van der Waals surface area contributed by atoms with E-state index < -0.39 is 0 Å². The summed E-state index contributed by atoms with van der Waals surface area (Å²) in [5.74, 6) is 1.000. The predicted molar refractivity (Wildman–Crippen MR) is 82.3 cm³/mol. The van der Waals surface area contributed by atoms with Gasteiger partial charge in [-0.15, -0.1) is 5.10 Å². The minimum Gasteiger partial charge on any atom is -0.378 e. The third-order valence-corrected chi connectivity index (χ3v) is 4.61. The van der Waals surface area contributed by atoms with Crippen LogP contribution in [-0.4, -0.2) is 38.7 Å². The minimum atomic E-state index is 0.421. The Morgan fingerprint density at radius 1 is 1.24 bits per heavy atom. The number of thioether (sulfide) groups is 1. The fourth-order valence-electron chi connectivity index (χ4n) is 2.47. The summed E-state index contributed by atoms with van der Waals surface area (Å²) in [4.78, 5) is 0. The second kappa shape index (κ2) is 7.56. The maximum atomic E-state index is 5.75. The van der Waals surface area contributed by atoms with Gasteiger partial charge in [-0.25, -0.2) is 4.68 Å². The summed E-state index contributed by atoms with van der Waals surface area (Å²) in [5, 5.41) is 12.9. The molecule has 1 saturated heterocycles. The Bertz CT molecular complexity index is 540. The van der Waals surface area contributed by atoms with Crippen LogP contribution in [0.15, 0.2) is 35.5 Å². The van der Waals surface area contributed by atoms with Crippen molar-refractivity contribution in [2.45, 2.75) is 43.5 Å². The minimum absolute atomic E-state index is 0.421. The van der Waals surface area contributed by atoms with E-state index in [2.05, 4.69) is 27.7 Å². The molecule has 112 valence electrons. The molecule has 5 nitrogen and oxygen atoms in total. The molecule has 1 fully saturated rings. The topological polar surface area (TPSA) is 52.8 Å². The van der Waals surface area contributed by atoms with Crippen molar-refractivity contribution in [1.29, 1.82) is 0 Å². The van der Waals surface area contributed by atoms with Crippen LogP contribution in [0.2, 0.25) is 0 Å². The second-order valence-corrected chi connectivity index (χ2v) is 6.29. The number of benzene rings is 1. The van der Waals surface area contributed by atoms with Gasteiger partial charge in [0.05, 0.1) is 12.6 Å². The van der Waals surface area contributed by atoms with Gasteiger partial charge in [0.25, 0.3) is 0 Å². The molecule has 2 heterocycles. The van der Waals surface area contributed by atoms with Crippen LogP contribution < -0.4 is 0 Å². The monoisotopic (exact) mass is 304 g/mol. The highest BCUT2D eigenvalue weighted by atomic mass is 32.2. The van der Waals surface area contributed by atoms with Crippen molar-refractivity contribution < 1.29 is 4.74 Å². The molecule has 0 saturated carbocycles. The molecule has 1 atom stereocenters. The summed E-state index contributed by atoms with van der Waals surface area (Å²) in [7, 11) is 0. The molecule has 1 unspecified atom stereocenters. The Morgan fingerprint density at radius 2 is 2.14 bits per heavy atom. The first-order chi connectivity index (χ1) is 10.4. The van der Waals surface area contributed by atoms with Crippen molar-refractivity contribution in [1.82, 2.24) is 20.2 Å². The van der Waals surface area contributed by atoms with E-state index in [1.807, 2.05) is 22.9 Å². The van der Waals surface area contributed by atoms with Gasteiger partial charge in [0.1, 0.15) is 0 Å². The van der Waals surface area contributed by atoms with Crippen LogP contribution in [0, 0.1) is 0 Å². The maximum Gasteiger partial charge on any atom is 0.209 e. The molecule has 1 aliphatic heterocycles. The molecule has 3 rings (SSSR count). The molecule has 0 spiro atoms. The van der Waals surface area contributed by atoms with E-state index in [0.717, 1.165) is 30.5 Å². The fourth-order valence-corrected chi connectivity index (χ4v) is 3.38. The summed E-state index contributed by atoms with van der Waals surface area (Å²) < 4.78 is 7.61. The van der Waals surface area contributed by atoms with Crippen LogP contribution in [0.4, 0.5) is 0 Å². The van der Waals surface area contributed by atoms with Crippen molar-refractivity contribution in [3.8, 4) is 0 Å². The van der Waals surface area contributed by atoms with Crippen molar-refractivity contribution in [3.05, 3.63) is 35.9 Å². The van der Waals surface area contributed by atoms with Gasteiger partial charge >= 0.3 is 0 Å². The molecule has 0 aliphatic carbocycles. The van der Waals surface area contributed by atoms with Crippen LogP contribution in [0.1, 0.15) is 31.2 Å². The fraction of sp³-hybridized carbons (Fsp3) is 0.533. The molecule has 0 amide bonds. The number of hydrogen-bond donors (Lipinski definition) is 0. The summed E-state index contributed by atoms with van der Waals surface area (Å²) in [5.41, 5.74) is 1.21. The summed E-state index contributed by atoms with van der Waals surface area (Å²) in [6.45, 7) is 1.64. The largest absolute Gasteiger partial charge is 0.378 e. The van der Waals surface area contributed by atoms with Crippen molar-refractivity contribution in [3.63, 3.8) is 0 Å². The number of nitrogens with zero attached hydrogens (tertiary/aromatic N) is 4. The smallest absolute Gasteiger partial charge is 0.209 e. The van der Waals surface area contributed by atoms with Gasteiger partial charge in [0.15, 0.2) is 0 Å². The number of aromatic nitrogens is 4. The van der Waals surface area contributed by atoms with Crippen LogP contribution in [0.5, 0.6) is 0 Å². The molecule has 1 aromatic carbocycles. The van der Waals surface area contributed by atoms with Gasteiger partial charge in [-0.1, -0.05) is 42.1 Å². The Hall–Kier alpha value is -1.40. The van der Waals surface area contributed by atoms with E-state index in [4.69, 9.17) is 4.74 Å². The van der Waals surface area contributed by atoms with Crippen LogP contribution in [-0.2, 0) is 11.3 Å². The lowest BCUT2D eigenvalue weighted by Crippen LogP contribution is -2.19. The molecular formula is C15H20N4OS. The van der Waals surface area contributed by atoms with Crippen molar-refractivity contribution in [2.75, 3.05) is 12.4 Å². The predicted octanol–water partition coefficient (Wildman–Crippen LogP) is 2.77. The first-order valence-corrected chi connectivity index (χ1v) is 8.45. The lowest BCUT2D eigenvalue weighted by Gasteiger charge is -2.22. The molecular weight excluding hydrogens is 284 g/mol. The first kappa shape index (κ1) is 14.5. The molecule has 21 heavy (non-hydrogen) atoms. The molecule has 0 N–H and O–H groups in total. The maximum absolute atomic E-state index is 5.75. The van der Waals surface area contributed by atoms with Gasteiger partial charge in [-0.05, 0) is 41.7 Å². The third-order valence-electron chi connectivity index (χ3n) is 3.62. The summed E-state index contributed by atoms with van der Waals surface area (Å²) in [6.07, 6.45) is 5.18. The van der Waals surface area contributed by atoms with E-state index in [-0.39, 0.29) is 0 Å². The summed E-state index contributed by atoms with van der Waals surface area (Å²) in [6, 6.07) is 10.3. The lowest BCUT2D eigenvalue weighted by molar-refractivity contribution is 0.0150. The van der Waals surface area contributed by atoms with Gasteiger partial charge in [-0.2, -0.15) is 0 Å². The zero-order valence-corrected chi connectivity index (χ0v) is 12.8. The highest BCUT2D eigenvalue weighted by molar-refractivity contribution is 7.99. The van der Waals surface area contributed by atoms with Crippen molar-refractivity contribution >= 4 is 11.8 Å². The van der Waals surface area contributed by atoms with E-state index in [0.29, 0.717) is 6.10 Å². The number of rotatable bonds is 6. The van der Waals surface area contributed by atoms with Gasteiger partial charge in [-0.3, -0.25) is 0 Å².